The van der Waals surface area contributed by atoms with Crippen molar-refractivity contribution < 1.29 is 14.6 Å². The Hall–Kier alpha value is -2.69. The standard InChI is InChI=1S/C30H43BrN6O3/c1-20(2)26(37(29(38)39)30(4,5)6)18-35-16-14-22(15-17-35)32-28-34-24-10-7-8-12-25(24)36(28)19-40-21(3)23-11-9-13-27(31)33-23/h7-13,20-22,26H,14-19H2,1-6H3,(H,32,34)(H,38,39). The number of benzene rings is 1. The highest BCUT2D eigenvalue weighted by molar-refractivity contribution is 9.10. The van der Waals surface area contributed by atoms with Crippen LogP contribution >= 0.6 is 15.9 Å². The molecule has 2 unspecified atom stereocenters. The van der Waals surface area contributed by atoms with Gasteiger partial charge in [-0.3, -0.25) is 9.47 Å². The van der Waals surface area contributed by atoms with Crippen molar-refractivity contribution in [1.29, 1.82) is 0 Å². The van der Waals surface area contributed by atoms with Crippen molar-refractivity contribution in [2.45, 2.75) is 84.8 Å². The van der Waals surface area contributed by atoms with E-state index in [0.717, 1.165) is 59.8 Å². The molecule has 1 fully saturated rings. The fourth-order valence-electron chi connectivity index (χ4n) is 5.46. The minimum atomic E-state index is -0.853. The van der Waals surface area contributed by atoms with E-state index in [9.17, 15) is 9.90 Å². The van der Waals surface area contributed by atoms with Crippen molar-refractivity contribution >= 4 is 39.0 Å². The first-order valence-corrected chi connectivity index (χ1v) is 14.9. The van der Waals surface area contributed by atoms with Crippen LogP contribution in [0.5, 0.6) is 0 Å². The molecule has 3 heterocycles. The number of likely N-dealkylation sites (tertiary alicyclic amines) is 1. The molecule has 1 aliphatic rings. The largest absolute Gasteiger partial charge is 0.465 e. The van der Waals surface area contributed by atoms with Gasteiger partial charge in [-0.25, -0.2) is 14.8 Å². The zero-order chi connectivity index (χ0) is 29.0. The number of amides is 1. The second kappa shape index (κ2) is 12.9. The van der Waals surface area contributed by atoms with Crippen LogP contribution in [0.1, 0.15) is 66.2 Å². The van der Waals surface area contributed by atoms with Gasteiger partial charge in [0.05, 0.1) is 28.9 Å². The summed E-state index contributed by atoms with van der Waals surface area (Å²) in [7, 11) is 0. The lowest BCUT2D eigenvalue weighted by molar-refractivity contribution is 0.0170. The Morgan fingerprint density at radius 2 is 1.82 bits per heavy atom. The summed E-state index contributed by atoms with van der Waals surface area (Å²) in [5.74, 6) is 1.03. The number of halogens is 1. The van der Waals surface area contributed by atoms with Gasteiger partial charge >= 0.3 is 6.09 Å². The van der Waals surface area contributed by atoms with Gasteiger partial charge in [0.25, 0.3) is 0 Å². The van der Waals surface area contributed by atoms with E-state index in [-0.39, 0.29) is 24.1 Å². The van der Waals surface area contributed by atoms with Crippen molar-refractivity contribution in [3.05, 3.63) is 52.8 Å². The summed E-state index contributed by atoms with van der Waals surface area (Å²) in [5.41, 5.74) is 2.36. The minimum absolute atomic E-state index is 0.0647. The number of aromatic nitrogens is 3. The summed E-state index contributed by atoms with van der Waals surface area (Å²) in [5, 5.41) is 13.7. The Balaban J connectivity index is 1.41. The van der Waals surface area contributed by atoms with Crippen LogP contribution in [0.15, 0.2) is 47.1 Å². The summed E-state index contributed by atoms with van der Waals surface area (Å²) in [6.07, 6.45) is 0.877. The second-order valence-electron chi connectivity index (χ2n) is 12.0. The predicted octanol–water partition coefficient (Wildman–Crippen LogP) is 6.61. The third kappa shape index (κ3) is 7.33. The first-order chi connectivity index (χ1) is 18.9. The van der Waals surface area contributed by atoms with Crippen molar-refractivity contribution in [1.82, 2.24) is 24.3 Å². The Kier molecular flexibility index (Phi) is 9.74. The first kappa shape index (κ1) is 30.3. The number of hydrogen-bond donors (Lipinski definition) is 2. The molecule has 2 N–H and O–H groups in total. The third-order valence-electron chi connectivity index (χ3n) is 7.66. The molecule has 2 atom stereocenters. The number of piperidine rings is 1. The van der Waals surface area contributed by atoms with Crippen LogP contribution in [0.2, 0.25) is 0 Å². The van der Waals surface area contributed by atoms with Gasteiger partial charge in [-0.05, 0) is 86.6 Å². The molecule has 0 aliphatic carbocycles. The number of nitrogens with zero attached hydrogens (tertiary/aromatic N) is 5. The number of nitrogens with one attached hydrogen (secondary N) is 1. The number of para-hydroxylation sites is 2. The van der Waals surface area contributed by atoms with Crippen LogP contribution in [0.3, 0.4) is 0 Å². The molecule has 40 heavy (non-hydrogen) atoms. The lowest BCUT2D eigenvalue weighted by Crippen LogP contribution is -2.57. The monoisotopic (exact) mass is 614 g/mol. The zero-order valence-corrected chi connectivity index (χ0v) is 26.1. The summed E-state index contributed by atoms with van der Waals surface area (Å²) in [6.45, 7) is 15.0. The van der Waals surface area contributed by atoms with Gasteiger partial charge < -0.3 is 20.1 Å². The molecule has 3 aromatic rings. The molecule has 0 bridgehead atoms. The van der Waals surface area contributed by atoms with Crippen LogP contribution in [0.4, 0.5) is 10.7 Å². The summed E-state index contributed by atoms with van der Waals surface area (Å²) >= 11 is 3.44. The van der Waals surface area contributed by atoms with E-state index in [1.54, 1.807) is 4.90 Å². The minimum Gasteiger partial charge on any atom is -0.465 e. The average molecular weight is 616 g/mol. The summed E-state index contributed by atoms with van der Waals surface area (Å²) in [4.78, 5) is 25.6. The summed E-state index contributed by atoms with van der Waals surface area (Å²) < 4.78 is 9.14. The lowest BCUT2D eigenvalue weighted by atomic mass is 9.94. The molecule has 4 rings (SSSR count). The number of carboxylic acid groups (broad SMARTS) is 1. The molecule has 1 aliphatic heterocycles. The lowest BCUT2D eigenvalue weighted by Gasteiger charge is -2.44. The van der Waals surface area contributed by atoms with Crippen LogP contribution in [-0.4, -0.2) is 72.8 Å². The first-order valence-electron chi connectivity index (χ1n) is 14.1. The fraction of sp³-hybridized carbons (Fsp3) is 0.567. The molecule has 1 aromatic carbocycles. The van der Waals surface area contributed by atoms with Crippen LogP contribution in [0.25, 0.3) is 11.0 Å². The SMILES string of the molecule is CC(OCn1c(NC2CCN(CC(C(C)C)N(C(=O)O)C(C)(C)C)CC2)nc2ccccc21)c1cccc(Br)n1. The van der Waals surface area contributed by atoms with Gasteiger partial charge in [0.2, 0.25) is 5.95 Å². The molecule has 1 saturated heterocycles. The van der Waals surface area contributed by atoms with Gasteiger partial charge in [-0.15, -0.1) is 0 Å². The Labute approximate surface area is 246 Å². The highest BCUT2D eigenvalue weighted by atomic mass is 79.9. The van der Waals surface area contributed by atoms with Crippen molar-refractivity contribution in [3.8, 4) is 0 Å². The smallest absolute Gasteiger partial charge is 0.408 e. The number of rotatable bonds is 10. The molecule has 218 valence electrons. The number of anilines is 1. The van der Waals surface area contributed by atoms with E-state index < -0.39 is 11.6 Å². The fourth-order valence-corrected chi connectivity index (χ4v) is 5.82. The van der Waals surface area contributed by atoms with Crippen molar-refractivity contribution in [3.63, 3.8) is 0 Å². The highest BCUT2D eigenvalue weighted by Gasteiger charge is 2.36. The molecule has 0 spiro atoms. The molecule has 0 saturated carbocycles. The Morgan fingerprint density at radius 3 is 2.45 bits per heavy atom. The van der Waals surface area contributed by atoms with Crippen molar-refractivity contribution in [2.24, 2.45) is 5.92 Å². The topological polar surface area (TPSA) is 95.8 Å². The maximum atomic E-state index is 12.2. The van der Waals surface area contributed by atoms with E-state index in [1.165, 1.54) is 0 Å². The number of pyridine rings is 1. The highest BCUT2D eigenvalue weighted by Crippen LogP contribution is 2.27. The Bertz CT molecular complexity index is 1280. The van der Waals surface area contributed by atoms with E-state index in [0.29, 0.717) is 6.73 Å². The van der Waals surface area contributed by atoms with E-state index >= 15 is 0 Å². The maximum absolute atomic E-state index is 12.2. The molecule has 2 aromatic heterocycles. The number of ether oxygens (including phenoxy) is 1. The zero-order valence-electron chi connectivity index (χ0n) is 24.5. The van der Waals surface area contributed by atoms with E-state index in [1.807, 2.05) is 64.1 Å². The van der Waals surface area contributed by atoms with Crippen molar-refractivity contribution in [2.75, 3.05) is 25.0 Å². The van der Waals surface area contributed by atoms with Gasteiger partial charge in [-0.1, -0.05) is 32.0 Å². The van der Waals surface area contributed by atoms with Gasteiger partial charge in [0.1, 0.15) is 11.3 Å². The maximum Gasteiger partial charge on any atom is 0.408 e. The van der Waals surface area contributed by atoms with E-state index in [4.69, 9.17) is 9.72 Å². The number of fused-ring (bicyclic) bond motifs is 1. The normalized spacial score (nSPS) is 16.8. The quantitative estimate of drug-likeness (QED) is 0.248. The summed E-state index contributed by atoms with van der Waals surface area (Å²) in [6, 6.07) is 14.1. The molecular weight excluding hydrogens is 572 g/mol. The second-order valence-corrected chi connectivity index (χ2v) is 12.8. The molecule has 0 radical (unpaired) electrons. The number of hydrogen-bond acceptors (Lipinski definition) is 6. The van der Waals surface area contributed by atoms with Crippen LogP contribution in [0, 0.1) is 5.92 Å². The van der Waals surface area contributed by atoms with Crippen LogP contribution in [-0.2, 0) is 11.5 Å². The number of imidazole rings is 1. The third-order valence-corrected chi connectivity index (χ3v) is 8.10. The van der Waals surface area contributed by atoms with E-state index in [2.05, 4.69) is 55.6 Å². The molecule has 1 amide bonds. The number of carbonyl (C=O) groups is 1. The van der Waals surface area contributed by atoms with Gasteiger partial charge in [-0.2, -0.15) is 0 Å². The van der Waals surface area contributed by atoms with Gasteiger partial charge in [0.15, 0.2) is 0 Å². The predicted molar refractivity (Wildman–Crippen MR) is 162 cm³/mol. The Morgan fingerprint density at radius 1 is 1.12 bits per heavy atom. The molecular formula is C30H43BrN6O3. The van der Waals surface area contributed by atoms with Crippen LogP contribution < -0.4 is 5.32 Å². The van der Waals surface area contributed by atoms with Gasteiger partial charge in [0, 0.05) is 31.2 Å². The molecule has 9 nitrogen and oxygen atoms in total. The molecule has 10 heteroatoms. The average Bonchev–Trinajstić information content (AvgIpc) is 3.23.